The smallest absolute Gasteiger partial charge is 0.0780 e. The molecule has 0 aromatic carbocycles. The highest BCUT2D eigenvalue weighted by Gasteiger charge is 2.33. The molecule has 0 radical (unpaired) electrons. The Morgan fingerprint density at radius 2 is 1.33 bits per heavy atom. The van der Waals surface area contributed by atoms with Gasteiger partial charge >= 0.3 is 0 Å². The third-order valence-corrected chi connectivity index (χ3v) is 4.80. The molecule has 0 aliphatic heterocycles. The van der Waals surface area contributed by atoms with Crippen molar-refractivity contribution in [3.8, 4) is 0 Å². The number of alkyl halides is 1. The van der Waals surface area contributed by atoms with Gasteiger partial charge in [0.2, 0.25) is 0 Å². The minimum atomic E-state index is 0.0652. The van der Waals surface area contributed by atoms with Gasteiger partial charge in [0.15, 0.2) is 0 Å². The zero-order chi connectivity index (χ0) is 15.2. The predicted octanol–water partition coefficient (Wildman–Crippen LogP) is 3.56. The van der Waals surface area contributed by atoms with E-state index in [2.05, 4.69) is 22.9 Å². The van der Waals surface area contributed by atoms with Crippen LogP contribution in [0, 0.1) is 0 Å². The van der Waals surface area contributed by atoms with E-state index >= 15 is 0 Å². The van der Waals surface area contributed by atoms with Crippen molar-refractivity contribution in [1.29, 1.82) is 0 Å². The third-order valence-electron chi connectivity index (χ3n) is 3.78. The van der Waals surface area contributed by atoms with Crippen molar-refractivity contribution in [2.75, 3.05) is 51.6 Å². The molecule has 1 saturated carbocycles. The molecule has 1 fully saturated rings. The second-order valence-corrected chi connectivity index (χ2v) is 6.12. The molecule has 0 amide bonds. The number of halogens is 1. The average molecular weight is 367 g/mol. The van der Waals surface area contributed by atoms with Gasteiger partial charge in [0.1, 0.15) is 0 Å². The van der Waals surface area contributed by atoms with E-state index < -0.39 is 0 Å². The Morgan fingerprint density at radius 3 is 1.86 bits per heavy atom. The maximum atomic E-state index is 5.99. The molecule has 0 saturated heterocycles. The van der Waals surface area contributed by atoms with Gasteiger partial charge in [0.05, 0.1) is 45.2 Å². The summed E-state index contributed by atoms with van der Waals surface area (Å²) in [5, 5.41) is 0.932. The van der Waals surface area contributed by atoms with Crippen LogP contribution in [0.2, 0.25) is 0 Å². The highest BCUT2D eigenvalue weighted by molar-refractivity contribution is 9.09. The first-order chi connectivity index (χ1) is 10.3. The molecule has 21 heavy (non-hydrogen) atoms. The lowest BCUT2D eigenvalue weighted by Crippen LogP contribution is -2.32. The van der Waals surface area contributed by atoms with Crippen molar-refractivity contribution in [3.63, 3.8) is 0 Å². The molecule has 0 spiro atoms. The topological polar surface area (TPSA) is 36.9 Å². The van der Waals surface area contributed by atoms with Crippen molar-refractivity contribution in [3.05, 3.63) is 0 Å². The molecule has 4 nitrogen and oxygen atoms in total. The van der Waals surface area contributed by atoms with Crippen molar-refractivity contribution >= 4 is 15.9 Å². The SMILES string of the molecule is CCCCOCCOCCOCCOC1(CBr)CCCC1. The average Bonchev–Trinajstić information content (AvgIpc) is 2.98. The van der Waals surface area contributed by atoms with Gasteiger partial charge in [0.25, 0.3) is 0 Å². The van der Waals surface area contributed by atoms with Crippen molar-refractivity contribution in [2.24, 2.45) is 0 Å². The zero-order valence-corrected chi connectivity index (χ0v) is 15.0. The molecule has 1 aliphatic carbocycles. The van der Waals surface area contributed by atoms with E-state index in [1.54, 1.807) is 0 Å². The Morgan fingerprint density at radius 1 is 0.810 bits per heavy atom. The number of ether oxygens (including phenoxy) is 4. The Labute approximate surface area is 138 Å². The number of unbranched alkanes of at least 4 members (excludes halogenated alkanes) is 1. The molecular formula is C16H31BrO4. The standard InChI is InChI=1S/C16H31BrO4/c1-2-3-8-18-9-10-19-11-12-20-13-14-21-16(15-17)6-4-5-7-16/h2-15H2,1H3. The summed E-state index contributed by atoms with van der Waals surface area (Å²) in [6, 6.07) is 0. The summed E-state index contributed by atoms with van der Waals surface area (Å²) in [4.78, 5) is 0. The molecule has 0 atom stereocenters. The largest absolute Gasteiger partial charge is 0.379 e. The fourth-order valence-electron chi connectivity index (χ4n) is 2.44. The van der Waals surface area contributed by atoms with Crippen LogP contribution < -0.4 is 0 Å². The first-order valence-corrected chi connectivity index (χ1v) is 9.38. The maximum Gasteiger partial charge on any atom is 0.0780 e. The van der Waals surface area contributed by atoms with Crippen molar-refractivity contribution in [2.45, 2.75) is 51.0 Å². The summed E-state index contributed by atoms with van der Waals surface area (Å²) in [5.41, 5.74) is 0.0652. The molecular weight excluding hydrogens is 336 g/mol. The van der Waals surface area contributed by atoms with Crippen LogP contribution in [0.5, 0.6) is 0 Å². The van der Waals surface area contributed by atoms with Gasteiger partial charge in [-0.2, -0.15) is 0 Å². The monoisotopic (exact) mass is 366 g/mol. The molecule has 0 heterocycles. The molecule has 0 aromatic rings. The highest BCUT2D eigenvalue weighted by Crippen LogP contribution is 2.34. The zero-order valence-electron chi connectivity index (χ0n) is 13.4. The van der Waals surface area contributed by atoms with Gasteiger partial charge < -0.3 is 18.9 Å². The number of hydrogen-bond donors (Lipinski definition) is 0. The van der Waals surface area contributed by atoms with Gasteiger partial charge in [-0.15, -0.1) is 0 Å². The number of rotatable bonds is 14. The van der Waals surface area contributed by atoms with Gasteiger partial charge in [-0.25, -0.2) is 0 Å². The van der Waals surface area contributed by atoms with Crippen LogP contribution in [0.3, 0.4) is 0 Å². The fraction of sp³-hybridized carbons (Fsp3) is 1.00. The van der Waals surface area contributed by atoms with Crippen molar-refractivity contribution in [1.82, 2.24) is 0 Å². The lowest BCUT2D eigenvalue weighted by molar-refractivity contribution is -0.0562. The molecule has 1 rings (SSSR count). The van der Waals surface area contributed by atoms with E-state index in [9.17, 15) is 0 Å². The molecule has 1 aliphatic rings. The Hall–Kier alpha value is 0.320. The second-order valence-electron chi connectivity index (χ2n) is 5.56. The quantitative estimate of drug-likeness (QED) is 0.348. The molecule has 0 unspecified atom stereocenters. The maximum absolute atomic E-state index is 5.99. The normalized spacial score (nSPS) is 17.4. The van der Waals surface area contributed by atoms with E-state index in [0.717, 1.165) is 18.4 Å². The van der Waals surface area contributed by atoms with E-state index in [-0.39, 0.29) is 5.60 Å². The lowest BCUT2D eigenvalue weighted by Gasteiger charge is -2.27. The van der Waals surface area contributed by atoms with Crippen LogP contribution >= 0.6 is 15.9 Å². The minimum absolute atomic E-state index is 0.0652. The molecule has 0 bridgehead atoms. The Kier molecular flexibility index (Phi) is 11.8. The van der Waals surface area contributed by atoms with E-state index in [0.29, 0.717) is 39.6 Å². The molecule has 0 aromatic heterocycles. The summed E-state index contributed by atoms with van der Waals surface area (Å²) < 4.78 is 22.4. The second kappa shape index (κ2) is 12.8. The minimum Gasteiger partial charge on any atom is -0.379 e. The third kappa shape index (κ3) is 9.14. The molecule has 0 N–H and O–H groups in total. The van der Waals surface area contributed by atoms with Crippen LogP contribution in [-0.4, -0.2) is 57.2 Å². The highest BCUT2D eigenvalue weighted by atomic mass is 79.9. The number of hydrogen-bond acceptors (Lipinski definition) is 4. The summed E-state index contributed by atoms with van der Waals surface area (Å²) >= 11 is 3.57. The van der Waals surface area contributed by atoms with Crippen LogP contribution in [0.1, 0.15) is 45.4 Å². The van der Waals surface area contributed by atoms with Crippen LogP contribution in [0.15, 0.2) is 0 Å². The van der Waals surface area contributed by atoms with E-state index in [4.69, 9.17) is 18.9 Å². The van der Waals surface area contributed by atoms with Crippen LogP contribution in [0.4, 0.5) is 0 Å². The van der Waals surface area contributed by atoms with E-state index in [1.165, 1.54) is 32.1 Å². The Bertz CT molecular complexity index is 232. The Balaban J connectivity index is 1.80. The summed E-state index contributed by atoms with van der Waals surface area (Å²) in [7, 11) is 0. The van der Waals surface area contributed by atoms with Gasteiger partial charge in [-0.3, -0.25) is 0 Å². The molecule has 126 valence electrons. The fourth-order valence-corrected chi connectivity index (χ4v) is 3.16. The van der Waals surface area contributed by atoms with Crippen molar-refractivity contribution < 1.29 is 18.9 Å². The van der Waals surface area contributed by atoms with Crippen LogP contribution in [0.25, 0.3) is 0 Å². The van der Waals surface area contributed by atoms with Gasteiger partial charge in [-0.05, 0) is 19.3 Å². The first-order valence-electron chi connectivity index (χ1n) is 8.26. The predicted molar refractivity (Wildman–Crippen MR) is 88.3 cm³/mol. The van der Waals surface area contributed by atoms with E-state index in [1.807, 2.05) is 0 Å². The van der Waals surface area contributed by atoms with Crippen LogP contribution in [-0.2, 0) is 18.9 Å². The van der Waals surface area contributed by atoms with Gasteiger partial charge in [0, 0.05) is 11.9 Å². The van der Waals surface area contributed by atoms with Gasteiger partial charge in [-0.1, -0.05) is 42.1 Å². The summed E-state index contributed by atoms with van der Waals surface area (Å²) in [6.07, 6.45) is 7.19. The first kappa shape index (κ1) is 19.4. The molecule has 5 heteroatoms. The lowest BCUT2D eigenvalue weighted by atomic mass is 10.1. The summed E-state index contributed by atoms with van der Waals surface area (Å²) in [5.74, 6) is 0. The summed E-state index contributed by atoms with van der Waals surface area (Å²) in [6.45, 7) is 6.89.